The number of carbonyl (C=O) groups is 1. The zero-order chi connectivity index (χ0) is 17.2. The quantitative estimate of drug-likeness (QED) is 0.929. The first kappa shape index (κ1) is 16.3. The van der Waals surface area contributed by atoms with E-state index >= 15 is 0 Å². The molecule has 25 heavy (non-hydrogen) atoms. The Labute approximate surface area is 148 Å². The largest absolute Gasteiger partial charge is 0.506 e. The smallest absolute Gasteiger partial charge is 0.166 e. The molecule has 2 aliphatic rings. The normalized spacial score (nSPS) is 21.4. The van der Waals surface area contributed by atoms with Gasteiger partial charge in [0.2, 0.25) is 0 Å². The molecule has 2 aromatic rings. The van der Waals surface area contributed by atoms with Gasteiger partial charge in [0.25, 0.3) is 0 Å². The van der Waals surface area contributed by atoms with Crippen LogP contribution in [0.1, 0.15) is 40.9 Å². The Morgan fingerprint density at radius 2 is 1.92 bits per heavy atom. The van der Waals surface area contributed by atoms with Crippen LogP contribution in [0.4, 0.5) is 0 Å². The number of hydrogen-bond donors (Lipinski definition) is 1. The summed E-state index contributed by atoms with van der Waals surface area (Å²) in [7, 11) is 0. The van der Waals surface area contributed by atoms with Crippen molar-refractivity contribution in [3.05, 3.63) is 59.4 Å². The van der Waals surface area contributed by atoms with Crippen LogP contribution in [0, 0.1) is 11.8 Å². The van der Waals surface area contributed by atoms with E-state index in [9.17, 15) is 9.90 Å². The van der Waals surface area contributed by atoms with E-state index in [0.29, 0.717) is 18.2 Å². The number of fused-ring (bicyclic) bond motifs is 1. The van der Waals surface area contributed by atoms with Gasteiger partial charge in [-0.15, -0.1) is 0 Å². The van der Waals surface area contributed by atoms with Gasteiger partial charge in [-0.2, -0.15) is 0 Å². The summed E-state index contributed by atoms with van der Waals surface area (Å²) >= 11 is 0. The predicted molar refractivity (Wildman–Crippen MR) is 96.5 cm³/mol. The number of hydrogen-bond acceptors (Lipinski definition) is 4. The van der Waals surface area contributed by atoms with Gasteiger partial charge in [0.05, 0.1) is 5.69 Å². The Balaban J connectivity index is 1.30. The lowest BCUT2D eigenvalue weighted by Crippen LogP contribution is -2.34. The fourth-order valence-corrected chi connectivity index (χ4v) is 4.25. The van der Waals surface area contributed by atoms with E-state index in [4.69, 9.17) is 0 Å². The van der Waals surface area contributed by atoms with Crippen LogP contribution in [0.3, 0.4) is 0 Å². The molecule has 1 fully saturated rings. The van der Waals surface area contributed by atoms with Gasteiger partial charge in [0.15, 0.2) is 5.78 Å². The molecular formula is C21H24N2O2. The molecule has 130 valence electrons. The SMILES string of the molecule is O=C1c2ccccc2CC1CC1CCN(Cc2ncccc2O)CC1. The van der Waals surface area contributed by atoms with Crippen molar-refractivity contribution in [2.75, 3.05) is 13.1 Å². The summed E-state index contributed by atoms with van der Waals surface area (Å²) < 4.78 is 0. The molecular weight excluding hydrogens is 312 g/mol. The zero-order valence-electron chi connectivity index (χ0n) is 14.4. The minimum Gasteiger partial charge on any atom is -0.506 e. The molecule has 1 aliphatic heterocycles. The number of aromatic nitrogens is 1. The summed E-state index contributed by atoms with van der Waals surface area (Å²) in [6.45, 7) is 2.72. The molecule has 1 N–H and O–H groups in total. The lowest BCUT2D eigenvalue weighted by Gasteiger charge is -2.32. The van der Waals surface area contributed by atoms with Crippen molar-refractivity contribution in [3.63, 3.8) is 0 Å². The number of ketones is 1. The van der Waals surface area contributed by atoms with Crippen LogP contribution in [0.25, 0.3) is 0 Å². The predicted octanol–water partition coefficient (Wildman–Crippen LogP) is 3.44. The van der Waals surface area contributed by atoms with Crippen LogP contribution in [0.5, 0.6) is 5.75 Å². The van der Waals surface area contributed by atoms with Gasteiger partial charge < -0.3 is 5.11 Å². The highest BCUT2D eigenvalue weighted by Crippen LogP contribution is 2.34. The van der Waals surface area contributed by atoms with Crippen LogP contribution in [-0.4, -0.2) is 33.9 Å². The first-order valence-electron chi connectivity index (χ1n) is 9.18. The number of pyridine rings is 1. The number of likely N-dealkylation sites (tertiary alicyclic amines) is 1. The second kappa shape index (κ2) is 6.96. The molecule has 4 rings (SSSR count). The van der Waals surface area contributed by atoms with Crippen molar-refractivity contribution in [1.29, 1.82) is 0 Å². The molecule has 0 bridgehead atoms. The number of benzene rings is 1. The third-order valence-electron chi connectivity index (χ3n) is 5.68. The van der Waals surface area contributed by atoms with E-state index in [0.717, 1.165) is 50.0 Å². The lowest BCUT2D eigenvalue weighted by atomic mass is 9.85. The molecule has 1 aromatic carbocycles. The fourth-order valence-electron chi connectivity index (χ4n) is 4.25. The molecule has 0 radical (unpaired) electrons. The topological polar surface area (TPSA) is 53.4 Å². The summed E-state index contributed by atoms with van der Waals surface area (Å²) in [6.07, 6.45) is 5.89. The average molecular weight is 336 g/mol. The molecule has 4 heteroatoms. The molecule has 1 saturated heterocycles. The third kappa shape index (κ3) is 3.45. The Hall–Kier alpha value is -2.20. The van der Waals surface area contributed by atoms with Crippen LogP contribution in [0.2, 0.25) is 0 Å². The number of piperidine rings is 1. The number of aromatic hydroxyl groups is 1. The van der Waals surface area contributed by atoms with Crippen molar-refractivity contribution < 1.29 is 9.90 Å². The van der Waals surface area contributed by atoms with Crippen LogP contribution < -0.4 is 0 Å². The van der Waals surface area contributed by atoms with Crippen LogP contribution in [-0.2, 0) is 13.0 Å². The molecule has 1 atom stereocenters. The highest BCUT2D eigenvalue weighted by molar-refractivity contribution is 6.02. The molecule has 1 aliphatic carbocycles. The Kier molecular flexibility index (Phi) is 4.53. The molecule has 1 unspecified atom stereocenters. The standard InChI is InChI=1S/C21H24N2O2/c24-20-6-3-9-22-19(20)14-23-10-7-15(8-11-23)12-17-13-16-4-1-2-5-18(16)21(17)25/h1-6,9,15,17,24H,7-8,10-14H2. The summed E-state index contributed by atoms with van der Waals surface area (Å²) in [4.78, 5) is 19.2. The third-order valence-corrected chi connectivity index (χ3v) is 5.68. The number of nitrogens with zero attached hydrogens (tertiary/aromatic N) is 2. The monoisotopic (exact) mass is 336 g/mol. The van der Waals surface area contributed by atoms with Gasteiger partial charge >= 0.3 is 0 Å². The Morgan fingerprint density at radius 3 is 2.68 bits per heavy atom. The molecule has 0 saturated carbocycles. The van der Waals surface area contributed by atoms with Gasteiger partial charge in [-0.05, 0) is 62.4 Å². The fraction of sp³-hybridized carbons (Fsp3) is 0.429. The van der Waals surface area contributed by atoms with Crippen molar-refractivity contribution in [2.45, 2.75) is 32.2 Å². The van der Waals surface area contributed by atoms with Gasteiger partial charge in [-0.1, -0.05) is 24.3 Å². The van der Waals surface area contributed by atoms with Crippen molar-refractivity contribution in [3.8, 4) is 5.75 Å². The van der Waals surface area contributed by atoms with Crippen molar-refractivity contribution in [2.24, 2.45) is 11.8 Å². The first-order chi connectivity index (χ1) is 12.2. The van der Waals surface area contributed by atoms with Gasteiger partial charge in [-0.3, -0.25) is 14.7 Å². The second-order valence-corrected chi connectivity index (χ2v) is 7.35. The maximum atomic E-state index is 12.6. The summed E-state index contributed by atoms with van der Waals surface area (Å²) in [6, 6.07) is 11.5. The van der Waals surface area contributed by atoms with Crippen molar-refractivity contribution in [1.82, 2.24) is 9.88 Å². The van der Waals surface area contributed by atoms with E-state index in [1.54, 1.807) is 18.3 Å². The summed E-state index contributed by atoms with van der Waals surface area (Å²) in [5.41, 5.74) is 2.92. The highest BCUT2D eigenvalue weighted by Gasteiger charge is 2.32. The van der Waals surface area contributed by atoms with Crippen molar-refractivity contribution >= 4 is 5.78 Å². The van der Waals surface area contributed by atoms with Gasteiger partial charge in [0.1, 0.15) is 5.75 Å². The summed E-state index contributed by atoms with van der Waals surface area (Å²) in [5, 5.41) is 9.87. The molecule has 4 nitrogen and oxygen atoms in total. The van der Waals surface area contributed by atoms with E-state index in [1.807, 2.05) is 18.2 Å². The van der Waals surface area contributed by atoms with Gasteiger partial charge in [0, 0.05) is 24.2 Å². The van der Waals surface area contributed by atoms with E-state index in [2.05, 4.69) is 16.0 Å². The Bertz CT molecular complexity index is 766. The molecule has 0 spiro atoms. The zero-order valence-corrected chi connectivity index (χ0v) is 14.4. The second-order valence-electron chi connectivity index (χ2n) is 7.35. The maximum absolute atomic E-state index is 12.6. The Morgan fingerprint density at radius 1 is 1.12 bits per heavy atom. The molecule has 1 aromatic heterocycles. The van der Waals surface area contributed by atoms with E-state index in [1.165, 1.54) is 5.56 Å². The van der Waals surface area contributed by atoms with Gasteiger partial charge in [-0.25, -0.2) is 0 Å². The first-order valence-corrected chi connectivity index (χ1v) is 9.18. The van der Waals surface area contributed by atoms with Crippen LogP contribution >= 0.6 is 0 Å². The minimum absolute atomic E-state index is 0.175. The highest BCUT2D eigenvalue weighted by atomic mass is 16.3. The molecule has 2 heterocycles. The number of carbonyl (C=O) groups excluding carboxylic acids is 1. The van der Waals surface area contributed by atoms with E-state index < -0.39 is 0 Å². The number of rotatable bonds is 4. The van der Waals surface area contributed by atoms with Crippen LogP contribution in [0.15, 0.2) is 42.6 Å². The summed E-state index contributed by atoms with van der Waals surface area (Å²) in [5.74, 6) is 1.42. The maximum Gasteiger partial charge on any atom is 0.166 e. The molecule has 0 amide bonds. The van der Waals surface area contributed by atoms with E-state index in [-0.39, 0.29) is 11.7 Å². The average Bonchev–Trinajstić information content (AvgIpc) is 2.95. The lowest BCUT2D eigenvalue weighted by molar-refractivity contribution is 0.0895. The minimum atomic E-state index is 0.175. The number of Topliss-reactive ketones (excluding diaryl/α,β-unsaturated/α-hetero) is 1.